The number of aromatic nitrogens is 1. The molecule has 3 rings (SSSR count). The fraction of sp³-hybridized carbons (Fsp3) is 0.474. The van der Waals surface area contributed by atoms with Gasteiger partial charge >= 0.3 is 7.12 Å². The molecular formula is C19H26BNO2. The molecule has 0 spiro atoms. The summed E-state index contributed by atoms with van der Waals surface area (Å²) < 4.78 is 12.3. The molecule has 1 aromatic carbocycles. The third-order valence-electron chi connectivity index (χ3n) is 4.89. The number of allylic oxidation sites excluding steroid dienone is 1. The number of rotatable bonds is 3. The van der Waals surface area contributed by atoms with Crippen LogP contribution in [0.1, 0.15) is 47.1 Å². The Morgan fingerprint density at radius 1 is 1.09 bits per heavy atom. The van der Waals surface area contributed by atoms with E-state index in [2.05, 4.69) is 82.9 Å². The summed E-state index contributed by atoms with van der Waals surface area (Å²) in [5, 5.41) is 1.20. The average molecular weight is 311 g/mol. The van der Waals surface area contributed by atoms with Crippen LogP contribution in [0.3, 0.4) is 0 Å². The normalized spacial score (nSPS) is 20.2. The van der Waals surface area contributed by atoms with Crippen LogP contribution in [0.15, 0.2) is 30.3 Å². The van der Waals surface area contributed by atoms with Gasteiger partial charge in [-0.3, -0.25) is 0 Å². The first kappa shape index (κ1) is 16.3. The Labute approximate surface area is 139 Å². The van der Waals surface area contributed by atoms with Gasteiger partial charge in [-0.05, 0) is 51.3 Å². The Kier molecular flexibility index (Phi) is 3.93. The molecule has 1 aliphatic heterocycles. The lowest BCUT2D eigenvalue weighted by molar-refractivity contribution is 0.00578. The van der Waals surface area contributed by atoms with Crippen LogP contribution in [-0.4, -0.2) is 23.3 Å². The van der Waals surface area contributed by atoms with Gasteiger partial charge in [-0.15, -0.1) is 0 Å². The summed E-state index contributed by atoms with van der Waals surface area (Å²) in [5.74, 6) is 0.534. The summed E-state index contributed by atoms with van der Waals surface area (Å²) in [7, 11) is -0.352. The summed E-state index contributed by atoms with van der Waals surface area (Å²) in [6.45, 7) is 12.7. The summed E-state index contributed by atoms with van der Waals surface area (Å²) in [6, 6.07) is 8.46. The van der Waals surface area contributed by atoms with Crippen LogP contribution in [0.2, 0.25) is 0 Å². The second kappa shape index (κ2) is 5.54. The number of benzene rings is 1. The van der Waals surface area contributed by atoms with Crippen LogP contribution in [0, 0.1) is 5.92 Å². The Bertz CT molecular complexity index is 727. The van der Waals surface area contributed by atoms with Crippen LogP contribution in [0.5, 0.6) is 0 Å². The first-order valence-corrected chi connectivity index (χ1v) is 8.35. The van der Waals surface area contributed by atoms with Gasteiger partial charge in [0.2, 0.25) is 0 Å². The predicted octanol–water partition coefficient (Wildman–Crippen LogP) is 4.14. The molecule has 1 N–H and O–H groups in total. The van der Waals surface area contributed by atoms with Gasteiger partial charge in [-0.2, -0.15) is 0 Å². The molecule has 0 amide bonds. The van der Waals surface area contributed by atoms with Crippen LogP contribution in [0.4, 0.5) is 0 Å². The molecule has 0 bridgehead atoms. The zero-order chi connectivity index (χ0) is 16.8. The lowest BCUT2D eigenvalue weighted by atomic mass is 9.85. The maximum atomic E-state index is 6.15. The van der Waals surface area contributed by atoms with Gasteiger partial charge in [0.1, 0.15) is 0 Å². The first-order valence-electron chi connectivity index (χ1n) is 8.35. The van der Waals surface area contributed by atoms with Crippen molar-refractivity contribution in [3.63, 3.8) is 0 Å². The molecule has 0 atom stereocenters. The lowest BCUT2D eigenvalue weighted by Gasteiger charge is -2.32. The fourth-order valence-corrected chi connectivity index (χ4v) is 2.74. The Morgan fingerprint density at radius 3 is 2.35 bits per heavy atom. The van der Waals surface area contributed by atoms with E-state index in [0.29, 0.717) is 5.92 Å². The molecule has 122 valence electrons. The van der Waals surface area contributed by atoms with E-state index >= 15 is 0 Å². The SMILES string of the molecule is CC(C)/C=C/c1cccc2[nH]c(B3OC(C)(C)C(C)(C)O3)cc12. The number of fused-ring (bicyclic) bond motifs is 1. The number of hydrogen-bond donors (Lipinski definition) is 1. The maximum Gasteiger partial charge on any atom is 0.512 e. The van der Waals surface area contributed by atoms with E-state index in [9.17, 15) is 0 Å². The maximum absolute atomic E-state index is 6.15. The summed E-state index contributed by atoms with van der Waals surface area (Å²) in [5.41, 5.74) is 2.66. The topological polar surface area (TPSA) is 34.2 Å². The number of H-pyrrole nitrogens is 1. The van der Waals surface area contributed by atoms with E-state index in [1.54, 1.807) is 0 Å². The van der Waals surface area contributed by atoms with E-state index in [0.717, 1.165) is 11.1 Å². The first-order chi connectivity index (χ1) is 10.7. The van der Waals surface area contributed by atoms with Gasteiger partial charge in [0.05, 0.1) is 11.2 Å². The summed E-state index contributed by atoms with van der Waals surface area (Å²) in [4.78, 5) is 3.46. The quantitative estimate of drug-likeness (QED) is 0.865. The van der Waals surface area contributed by atoms with Gasteiger partial charge < -0.3 is 14.3 Å². The molecular weight excluding hydrogens is 285 g/mol. The molecule has 1 fully saturated rings. The molecule has 0 unspecified atom stereocenters. The highest BCUT2D eigenvalue weighted by molar-refractivity contribution is 6.61. The number of hydrogen-bond acceptors (Lipinski definition) is 2. The van der Waals surface area contributed by atoms with E-state index in [4.69, 9.17) is 9.31 Å². The highest BCUT2D eigenvalue weighted by Gasteiger charge is 2.52. The smallest absolute Gasteiger partial charge is 0.398 e. The van der Waals surface area contributed by atoms with Crippen molar-refractivity contribution in [3.8, 4) is 0 Å². The second-order valence-electron chi connectivity index (χ2n) is 7.72. The van der Waals surface area contributed by atoms with Crippen LogP contribution in [0.25, 0.3) is 17.0 Å². The molecule has 1 saturated heterocycles. The fourth-order valence-electron chi connectivity index (χ4n) is 2.74. The Morgan fingerprint density at radius 2 is 1.74 bits per heavy atom. The van der Waals surface area contributed by atoms with Crippen molar-refractivity contribution in [2.75, 3.05) is 0 Å². The highest BCUT2D eigenvalue weighted by atomic mass is 16.7. The average Bonchev–Trinajstić information content (AvgIpc) is 2.96. The summed E-state index contributed by atoms with van der Waals surface area (Å²) in [6.07, 6.45) is 4.41. The standard InChI is InChI=1S/C19H26BNO2/c1-13(2)10-11-14-8-7-9-16-15(14)12-17(21-16)20-22-18(3,4)19(5,6)23-20/h7-13,21H,1-6H3/b11-10+. The van der Waals surface area contributed by atoms with Gasteiger partial charge in [0.25, 0.3) is 0 Å². The number of aromatic amines is 1. The second-order valence-corrected chi connectivity index (χ2v) is 7.72. The van der Waals surface area contributed by atoms with Crippen LogP contribution < -0.4 is 5.59 Å². The van der Waals surface area contributed by atoms with E-state index in [1.807, 2.05) is 0 Å². The minimum atomic E-state index is -0.352. The predicted molar refractivity (Wildman–Crippen MR) is 97.9 cm³/mol. The third-order valence-corrected chi connectivity index (χ3v) is 4.89. The molecule has 0 radical (unpaired) electrons. The zero-order valence-corrected chi connectivity index (χ0v) is 14.9. The lowest BCUT2D eigenvalue weighted by Crippen LogP contribution is -2.41. The van der Waals surface area contributed by atoms with Crippen molar-refractivity contribution < 1.29 is 9.31 Å². The minimum Gasteiger partial charge on any atom is -0.398 e. The molecule has 2 heterocycles. The molecule has 0 aliphatic carbocycles. The molecule has 4 heteroatoms. The minimum absolute atomic E-state index is 0.324. The van der Waals surface area contributed by atoms with Gasteiger partial charge in [0, 0.05) is 16.5 Å². The van der Waals surface area contributed by atoms with Gasteiger partial charge in [-0.25, -0.2) is 0 Å². The number of nitrogens with one attached hydrogen (secondary N) is 1. The van der Waals surface area contributed by atoms with Crippen molar-refractivity contribution in [2.24, 2.45) is 5.92 Å². The molecule has 1 aliphatic rings. The Balaban J connectivity index is 1.97. The van der Waals surface area contributed by atoms with Crippen molar-refractivity contribution in [1.82, 2.24) is 4.98 Å². The highest BCUT2D eigenvalue weighted by Crippen LogP contribution is 2.36. The van der Waals surface area contributed by atoms with Gasteiger partial charge in [-0.1, -0.05) is 38.1 Å². The molecule has 3 nitrogen and oxygen atoms in total. The molecule has 0 saturated carbocycles. The molecule has 23 heavy (non-hydrogen) atoms. The largest absolute Gasteiger partial charge is 0.512 e. The van der Waals surface area contributed by atoms with Crippen LogP contribution >= 0.6 is 0 Å². The van der Waals surface area contributed by atoms with Crippen molar-refractivity contribution >= 4 is 29.7 Å². The molecule has 1 aromatic heterocycles. The van der Waals surface area contributed by atoms with Crippen molar-refractivity contribution in [2.45, 2.75) is 52.7 Å². The monoisotopic (exact) mass is 311 g/mol. The Hall–Kier alpha value is -1.52. The third kappa shape index (κ3) is 2.98. The van der Waals surface area contributed by atoms with Crippen molar-refractivity contribution in [1.29, 1.82) is 0 Å². The molecule has 2 aromatic rings. The van der Waals surface area contributed by atoms with Gasteiger partial charge in [0.15, 0.2) is 0 Å². The summed E-state index contributed by atoms with van der Waals surface area (Å²) >= 11 is 0. The van der Waals surface area contributed by atoms with E-state index < -0.39 is 0 Å². The van der Waals surface area contributed by atoms with E-state index in [1.165, 1.54) is 10.9 Å². The van der Waals surface area contributed by atoms with E-state index in [-0.39, 0.29) is 18.3 Å². The zero-order valence-electron chi connectivity index (χ0n) is 14.9. The van der Waals surface area contributed by atoms with Crippen LogP contribution in [-0.2, 0) is 9.31 Å². The van der Waals surface area contributed by atoms with Crippen molar-refractivity contribution in [3.05, 3.63) is 35.9 Å².